The predicted octanol–water partition coefficient (Wildman–Crippen LogP) is 4.48. The number of allylic oxidation sites excluding steroid dienone is 2. The van der Waals surface area contributed by atoms with E-state index in [1.807, 2.05) is 6.07 Å². The lowest BCUT2D eigenvalue weighted by molar-refractivity contribution is -0.139. The van der Waals surface area contributed by atoms with E-state index in [-0.39, 0.29) is 40.9 Å². The lowest BCUT2D eigenvalue weighted by Crippen LogP contribution is -2.25. The van der Waals surface area contributed by atoms with E-state index in [0.717, 1.165) is 12.1 Å². The number of nitrogens with two attached hydrogens (primary N) is 1. The predicted molar refractivity (Wildman–Crippen MR) is 119 cm³/mol. The molecule has 1 aromatic heterocycles. The number of hydrogen-bond donors (Lipinski definition) is 1. The molecule has 0 radical (unpaired) electrons. The molecule has 0 saturated carbocycles. The fraction of sp³-hybridized carbons (Fsp3) is 0.292. The number of benzene rings is 1. The zero-order valence-electron chi connectivity index (χ0n) is 19.0. The van der Waals surface area contributed by atoms with E-state index in [4.69, 9.17) is 15.2 Å². The Labute approximate surface area is 194 Å². The van der Waals surface area contributed by atoms with Gasteiger partial charge in [0.05, 0.1) is 29.4 Å². The molecule has 2 heterocycles. The van der Waals surface area contributed by atoms with Crippen LogP contribution in [0.3, 0.4) is 0 Å². The maximum absolute atomic E-state index is 13.4. The minimum absolute atomic E-state index is 0.0356. The van der Waals surface area contributed by atoms with Gasteiger partial charge in [-0.15, -0.1) is 0 Å². The molecule has 0 saturated heterocycles. The number of esters is 1. The van der Waals surface area contributed by atoms with Gasteiger partial charge in [0, 0.05) is 19.7 Å². The van der Waals surface area contributed by atoms with Crippen LogP contribution >= 0.6 is 0 Å². The van der Waals surface area contributed by atoms with Crippen molar-refractivity contribution in [2.45, 2.75) is 25.9 Å². The number of alkyl halides is 3. The van der Waals surface area contributed by atoms with Gasteiger partial charge in [-0.3, -0.25) is 0 Å². The number of anilines is 1. The maximum atomic E-state index is 13.4. The average Bonchev–Trinajstić information content (AvgIpc) is 2.78. The molecular formula is C24H23F3N4O3. The quantitative estimate of drug-likeness (QED) is 0.641. The number of carbonyl (C=O) groups excluding carboxylic acids is 1. The van der Waals surface area contributed by atoms with Gasteiger partial charge in [0.2, 0.25) is 5.88 Å². The number of nitrogens with zero attached hydrogens (tertiary/aromatic N) is 3. The second-order valence-electron chi connectivity index (χ2n) is 7.73. The number of aromatic nitrogens is 1. The van der Waals surface area contributed by atoms with Gasteiger partial charge in [-0.25, -0.2) is 9.78 Å². The molecule has 0 aliphatic carbocycles. The number of halogens is 3. The van der Waals surface area contributed by atoms with Gasteiger partial charge in [0.25, 0.3) is 0 Å². The van der Waals surface area contributed by atoms with E-state index in [9.17, 15) is 23.2 Å². The molecule has 1 unspecified atom stereocenters. The Balaban J connectivity index is 2.09. The molecule has 2 aromatic rings. The summed E-state index contributed by atoms with van der Waals surface area (Å²) >= 11 is 0. The number of carbonyl (C=O) groups is 1. The van der Waals surface area contributed by atoms with Crippen molar-refractivity contribution in [3.8, 4) is 17.3 Å². The van der Waals surface area contributed by atoms with E-state index in [1.54, 1.807) is 52.2 Å². The van der Waals surface area contributed by atoms with Crippen molar-refractivity contribution in [2.75, 3.05) is 25.6 Å². The molecule has 1 aliphatic rings. The molecule has 2 N–H and O–H groups in total. The first-order valence-corrected chi connectivity index (χ1v) is 10.3. The smallest absolute Gasteiger partial charge is 0.416 e. The van der Waals surface area contributed by atoms with Crippen LogP contribution in [0.15, 0.2) is 59.2 Å². The van der Waals surface area contributed by atoms with Crippen molar-refractivity contribution < 1.29 is 27.4 Å². The van der Waals surface area contributed by atoms with Crippen molar-refractivity contribution in [3.63, 3.8) is 0 Å². The first kappa shape index (κ1) is 24.6. The van der Waals surface area contributed by atoms with Gasteiger partial charge in [0.1, 0.15) is 23.2 Å². The highest BCUT2D eigenvalue weighted by molar-refractivity contribution is 5.92. The lowest BCUT2D eigenvalue weighted by Gasteiger charge is -2.27. The third-order valence-corrected chi connectivity index (χ3v) is 5.24. The molecule has 10 heteroatoms. The summed E-state index contributed by atoms with van der Waals surface area (Å²) in [6, 6.07) is 10.3. The first-order valence-electron chi connectivity index (χ1n) is 10.3. The second kappa shape index (κ2) is 9.47. The highest BCUT2D eigenvalue weighted by Crippen LogP contribution is 2.40. The molecule has 0 fully saturated rings. The number of rotatable bonds is 5. The summed E-state index contributed by atoms with van der Waals surface area (Å²) in [5.41, 5.74) is 6.32. The Morgan fingerprint density at radius 3 is 2.44 bits per heavy atom. The zero-order valence-corrected chi connectivity index (χ0v) is 19.0. The molecule has 0 amide bonds. The lowest BCUT2D eigenvalue weighted by atomic mass is 9.82. The van der Waals surface area contributed by atoms with Crippen molar-refractivity contribution in [1.29, 1.82) is 5.26 Å². The number of pyridine rings is 1. The Kier molecular flexibility index (Phi) is 6.86. The molecule has 178 valence electrons. The maximum Gasteiger partial charge on any atom is 0.416 e. The third kappa shape index (κ3) is 4.83. The summed E-state index contributed by atoms with van der Waals surface area (Å²) in [7, 11) is 3.21. The standard InChI is InChI=1S/C24H23F3N4O3/c1-5-33-23(32)20-13(2)34-22(29)17(12-28)21(20)15-8-6-14(7-9-15)18-10-16(24(25,26)27)11-19(30-18)31(3)4/h6-11,21H,5,29H2,1-4H3. The van der Waals surface area contributed by atoms with Gasteiger partial charge >= 0.3 is 12.1 Å². The largest absolute Gasteiger partial charge is 0.463 e. The molecule has 1 aliphatic heterocycles. The normalized spacial score (nSPS) is 16.1. The summed E-state index contributed by atoms with van der Waals surface area (Å²) in [6.07, 6.45) is -4.54. The number of nitriles is 1. The van der Waals surface area contributed by atoms with Crippen molar-refractivity contribution in [2.24, 2.45) is 5.73 Å². The molecule has 1 aromatic carbocycles. The number of hydrogen-bond acceptors (Lipinski definition) is 7. The fourth-order valence-corrected chi connectivity index (χ4v) is 3.59. The van der Waals surface area contributed by atoms with Crippen LogP contribution in [0.5, 0.6) is 0 Å². The van der Waals surface area contributed by atoms with E-state index in [2.05, 4.69) is 4.98 Å². The molecule has 34 heavy (non-hydrogen) atoms. The first-order chi connectivity index (χ1) is 16.0. The van der Waals surface area contributed by atoms with Gasteiger partial charge in [-0.1, -0.05) is 24.3 Å². The third-order valence-electron chi connectivity index (χ3n) is 5.24. The van der Waals surface area contributed by atoms with Crippen LogP contribution in [0.4, 0.5) is 19.0 Å². The Hall–Kier alpha value is -4.00. The number of ether oxygens (including phenoxy) is 2. The summed E-state index contributed by atoms with van der Waals surface area (Å²) in [5.74, 6) is -1.26. The molecule has 7 nitrogen and oxygen atoms in total. The van der Waals surface area contributed by atoms with Crippen LogP contribution in [-0.2, 0) is 20.4 Å². The minimum atomic E-state index is -4.54. The summed E-state index contributed by atoms with van der Waals surface area (Å²) < 4.78 is 50.8. The SMILES string of the molecule is CCOC(=O)C1=C(C)OC(N)=C(C#N)C1c1ccc(-c2cc(C(F)(F)F)cc(N(C)C)n2)cc1. The molecule has 0 spiro atoms. The van der Waals surface area contributed by atoms with Gasteiger partial charge in [0.15, 0.2) is 0 Å². The Morgan fingerprint density at radius 2 is 1.91 bits per heavy atom. The van der Waals surface area contributed by atoms with Crippen LogP contribution in [0, 0.1) is 11.3 Å². The minimum Gasteiger partial charge on any atom is -0.463 e. The zero-order chi connectivity index (χ0) is 25.2. The van der Waals surface area contributed by atoms with Crippen LogP contribution in [0.25, 0.3) is 11.3 Å². The Morgan fingerprint density at radius 1 is 1.26 bits per heavy atom. The second-order valence-corrected chi connectivity index (χ2v) is 7.73. The monoisotopic (exact) mass is 472 g/mol. The van der Waals surface area contributed by atoms with Crippen molar-refractivity contribution in [1.82, 2.24) is 4.98 Å². The van der Waals surface area contributed by atoms with E-state index in [1.165, 1.54) is 4.90 Å². The molecule has 0 bridgehead atoms. The molecule has 1 atom stereocenters. The summed E-state index contributed by atoms with van der Waals surface area (Å²) in [6.45, 7) is 3.32. The van der Waals surface area contributed by atoms with Crippen LogP contribution in [0.2, 0.25) is 0 Å². The van der Waals surface area contributed by atoms with E-state index < -0.39 is 23.6 Å². The van der Waals surface area contributed by atoms with Crippen LogP contribution in [0.1, 0.15) is 30.9 Å². The van der Waals surface area contributed by atoms with Gasteiger partial charge in [-0.05, 0) is 31.5 Å². The summed E-state index contributed by atoms with van der Waals surface area (Å²) in [5, 5.41) is 9.67. The van der Waals surface area contributed by atoms with Gasteiger partial charge < -0.3 is 20.1 Å². The fourth-order valence-electron chi connectivity index (χ4n) is 3.59. The van der Waals surface area contributed by atoms with Crippen LogP contribution in [-0.4, -0.2) is 31.7 Å². The van der Waals surface area contributed by atoms with E-state index >= 15 is 0 Å². The highest BCUT2D eigenvalue weighted by atomic mass is 19.4. The van der Waals surface area contributed by atoms with Crippen molar-refractivity contribution in [3.05, 3.63) is 70.3 Å². The Bertz CT molecular complexity index is 1210. The average molecular weight is 472 g/mol. The van der Waals surface area contributed by atoms with Crippen LogP contribution < -0.4 is 10.6 Å². The topological polar surface area (TPSA) is 101 Å². The molecular weight excluding hydrogens is 449 g/mol. The molecule has 3 rings (SSSR count). The van der Waals surface area contributed by atoms with Crippen molar-refractivity contribution >= 4 is 11.8 Å². The highest BCUT2D eigenvalue weighted by Gasteiger charge is 2.36. The van der Waals surface area contributed by atoms with Gasteiger partial charge in [-0.2, -0.15) is 18.4 Å². The summed E-state index contributed by atoms with van der Waals surface area (Å²) in [4.78, 5) is 18.4. The van der Waals surface area contributed by atoms with E-state index in [0.29, 0.717) is 11.1 Å².